The van der Waals surface area contributed by atoms with Gasteiger partial charge in [-0.3, -0.25) is 0 Å². The van der Waals surface area contributed by atoms with Crippen LogP contribution >= 0.6 is 0 Å². The molecule has 2 saturated heterocycles. The zero-order chi connectivity index (χ0) is 16.0. The Balaban J connectivity index is 1.73. The molecule has 2 unspecified atom stereocenters. The van der Waals surface area contributed by atoms with Gasteiger partial charge < -0.3 is 0 Å². The molecule has 6 atom stereocenters. The molecule has 0 spiro atoms. The average molecular weight is 446 g/mol. The van der Waals surface area contributed by atoms with E-state index in [0.29, 0.717) is 0 Å². The average Bonchev–Trinajstić information content (AvgIpc) is 3.08. The first-order chi connectivity index (χ1) is 10.4. The third kappa shape index (κ3) is 2.69. The summed E-state index contributed by atoms with van der Waals surface area (Å²) < 4.78 is 16.4. The van der Waals surface area contributed by atoms with Gasteiger partial charge in [-0.2, -0.15) is 0 Å². The summed E-state index contributed by atoms with van der Waals surface area (Å²) in [6, 6.07) is 0. The minimum absolute atomic E-state index is 0.00757. The van der Waals surface area contributed by atoms with Crippen LogP contribution in [0.25, 0.3) is 0 Å². The summed E-state index contributed by atoms with van der Waals surface area (Å²) in [4.78, 5) is 46.7. The quantitative estimate of drug-likeness (QED) is 0.409. The van der Waals surface area contributed by atoms with Crippen LogP contribution in [0.4, 0.5) is 0 Å². The van der Waals surface area contributed by atoms with Gasteiger partial charge in [0.05, 0.1) is 0 Å². The van der Waals surface area contributed by atoms with Gasteiger partial charge in [-0.15, -0.1) is 0 Å². The molecule has 3 fully saturated rings. The number of hydrogen-bond donors (Lipinski definition) is 0. The van der Waals surface area contributed by atoms with E-state index in [2.05, 4.69) is 0 Å². The van der Waals surface area contributed by atoms with Crippen molar-refractivity contribution in [3.05, 3.63) is 0 Å². The number of methoxy groups -OCH3 is 1. The summed E-state index contributed by atoms with van der Waals surface area (Å²) in [6.45, 7) is 0. The molecule has 0 aromatic heterocycles. The van der Waals surface area contributed by atoms with Crippen molar-refractivity contribution >= 4 is 19.0 Å². The van der Waals surface area contributed by atoms with Gasteiger partial charge in [0.2, 0.25) is 0 Å². The Bertz CT molecular complexity index is 545. The van der Waals surface area contributed by atoms with E-state index >= 15 is 0 Å². The van der Waals surface area contributed by atoms with Crippen molar-refractivity contribution in [2.24, 2.45) is 11.8 Å². The molecule has 119 valence electrons. The first kappa shape index (κ1) is 16.6. The number of carbonyl (C=O) groups excluding carboxylic acids is 4. The molecule has 2 bridgehead atoms. The van der Waals surface area contributed by atoms with Crippen LogP contribution in [0.15, 0.2) is 0 Å². The molecule has 7 nitrogen and oxygen atoms in total. The van der Waals surface area contributed by atoms with Gasteiger partial charge in [-0.25, -0.2) is 0 Å². The molecule has 0 aromatic rings. The summed E-state index contributed by atoms with van der Waals surface area (Å²) in [6.07, 6.45) is -2.31. The number of ether oxygens (including phenoxy) is 3. The second-order valence-corrected chi connectivity index (χ2v) is 7.21. The van der Waals surface area contributed by atoms with E-state index in [1.54, 1.807) is 0 Å². The molecule has 1 aliphatic carbocycles. The predicted octanol–water partition coefficient (Wildman–Crippen LogP) is -0.675. The molecule has 0 radical (unpaired) electrons. The Morgan fingerprint density at radius 3 is 2.27 bits per heavy atom. The molecule has 2 heterocycles. The molecule has 1 saturated carbocycles. The van der Waals surface area contributed by atoms with Crippen LogP contribution in [-0.2, 0) is 33.4 Å². The molecule has 3 aliphatic rings. The van der Waals surface area contributed by atoms with Crippen LogP contribution in [0.3, 0.4) is 0 Å². The van der Waals surface area contributed by atoms with Crippen molar-refractivity contribution in [1.82, 2.24) is 0 Å². The molecular formula is C14H15O7Sm. The standard InChI is InChI=1S/C14H15O7.Sm/c1-19-13-11-9-6(16)5-7(17)10(9)12(21-11)14(13)20-8(18)3-2-4-15;/h9-14H,2-3,5H2,1H3;/t9-,10+,11?,12?,13-,14+;/m0./s1. The fraction of sp³-hybridized carbons (Fsp3) is 0.714. The molecule has 22 heavy (non-hydrogen) atoms. The second kappa shape index (κ2) is 6.33. The van der Waals surface area contributed by atoms with Crippen molar-refractivity contribution in [3.63, 3.8) is 0 Å². The van der Waals surface area contributed by atoms with E-state index in [9.17, 15) is 19.2 Å². The Hall–Kier alpha value is -0.262. The van der Waals surface area contributed by atoms with E-state index in [0.717, 1.165) is 38.3 Å². The van der Waals surface area contributed by atoms with Crippen LogP contribution in [0, 0.1) is 50.2 Å². The van der Waals surface area contributed by atoms with Gasteiger partial charge in [-0.1, -0.05) is 0 Å². The minimum atomic E-state index is -0.696. The number of Topliss-reactive ketones (excluding diaryl/α,β-unsaturated/α-hetero) is 2. The van der Waals surface area contributed by atoms with E-state index in [-0.39, 0.29) is 32.3 Å². The Morgan fingerprint density at radius 1 is 1.14 bits per heavy atom. The van der Waals surface area contributed by atoms with Crippen molar-refractivity contribution in [2.75, 3.05) is 7.11 Å². The number of esters is 1. The topological polar surface area (TPSA) is 96.0 Å². The van der Waals surface area contributed by atoms with Crippen molar-refractivity contribution in [2.45, 2.75) is 43.7 Å². The molecule has 0 aromatic carbocycles. The SMILES string of the molecule is CO[C@H]1C2OC([C@H]1OC(=O)CC[C](=O)[Sm])[C@@H]1C(=O)CC(=O)[C@H]21. The summed E-state index contributed by atoms with van der Waals surface area (Å²) in [5, 5.41) is 0. The van der Waals surface area contributed by atoms with Crippen LogP contribution in [-0.4, -0.2) is 50.6 Å². The third-order valence-corrected chi connectivity index (χ3v) is 5.20. The normalized spacial score (nSPS) is 39.1. The Morgan fingerprint density at radius 2 is 1.73 bits per heavy atom. The third-order valence-electron chi connectivity index (χ3n) is 4.55. The zero-order valence-corrected chi connectivity index (χ0v) is 14.5. The second-order valence-electron chi connectivity index (χ2n) is 5.75. The van der Waals surface area contributed by atoms with Crippen LogP contribution < -0.4 is 0 Å². The first-order valence-corrected chi connectivity index (χ1v) is 8.38. The molecule has 0 amide bonds. The number of ketones is 2. The van der Waals surface area contributed by atoms with Crippen molar-refractivity contribution < 1.29 is 71.7 Å². The van der Waals surface area contributed by atoms with Gasteiger partial charge in [0.1, 0.15) is 0 Å². The number of rotatable bonds is 5. The summed E-state index contributed by atoms with van der Waals surface area (Å²) in [5.74, 6) is -1.78. The van der Waals surface area contributed by atoms with Gasteiger partial charge in [0.15, 0.2) is 0 Å². The Kier molecular flexibility index (Phi) is 4.77. The van der Waals surface area contributed by atoms with Gasteiger partial charge in [0, 0.05) is 0 Å². The molecule has 0 N–H and O–H groups in total. The van der Waals surface area contributed by atoms with Crippen LogP contribution in [0.5, 0.6) is 0 Å². The van der Waals surface area contributed by atoms with E-state index < -0.39 is 42.2 Å². The molecule has 2 aliphatic heterocycles. The first-order valence-electron chi connectivity index (χ1n) is 7.07. The fourth-order valence-corrected chi connectivity index (χ4v) is 4.02. The predicted molar refractivity (Wildman–Crippen MR) is 65.2 cm³/mol. The van der Waals surface area contributed by atoms with Crippen LogP contribution in [0.2, 0.25) is 0 Å². The number of fused-ring (bicyclic) bond motifs is 5. The maximum atomic E-state index is 12.0. The zero-order valence-electron chi connectivity index (χ0n) is 11.9. The number of hydrogen-bond acceptors (Lipinski definition) is 7. The van der Waals surface area contributed by atoms with E-state index in [1.807, 2.05) is 0 Å². The van der Waals surface area contributed by atoms with Crippen LogP contribution in [0.1, 0.15) is 19.3 Å². The molecule has 8 heteroatoms. The Labute approximate surface area is 152 Å². The van der Waals surface area contributed by atoms with E-state index in [1.165, 1.54) is 7.11 Å². The van der Waals surface area contributed by atoms with Gasteiger partial charge in [0.25, 0.3) is 0 Å². The summed E-state index contributed by atoms with van der Waals surface area (Å²) in [5.41, 5.74) is 0. The number of carbonyl (C=O) groups is 4. The summed E-state index contributed by atoms with van der Waals surface area (Å²) >= 11 is 0.804. The maximum absolute atomic E-state index is 12.0. The molecule has 3 rings (SSSR count). The van der Waals surface area contributed by atoms with Crippen molar-refractivity contribution in [1.29, 1.82) is 0 Å². The fourth-order valence-electron chi connectivity index (χ4n) is 3.69. The molecular weight excluding hydrogens is 431 g/mol. The van der Waals surface area contributed by atoms with Crippen molar-refractivity contribution in [3.8, 4) is 0 Å². The van der Waals surface area contributed by atoms with E-state index in [4.69, 9.17) is 14.2 Å². The monoisotopic (exact) mass is 447 g/mol. The van der Waals surface area contributed by atoms with Gasteiger partial charge in [-0.05, 0) is 0 Å². The van der Waals surface area contributed by atoms with Gasteiger partial charge >= 0.3 is 153 Å². The summed E-state index contributed by atoms with van der Waals surface area (Å²) in [7, 11) is 1.46.